The Balaban J connectivity index is 1.99. The van der Waals surface area contributed by atoms with Gasteiger partial charge in [0.05, 0.1) is 0 Å². The number of anilines is 1. The van der Waals surface area contributed by atoms with Gasteiger partial charge in [0, 0.05) is 23.3 Å². The second kappa shape index (κ2) is 5.94. The predicted molar refractivity (Wildman–Crippen MR) is 79.5 cm³/mol. The molecule has 0 aliphatic carbocycles. The minimum atomic E-state index is 0.507. The molecule has 1 aliphatic rings. The van der Waals surface area contributed by atoms with E-state index in [1.54, 1.807) is 0 Å². The van der Waals surface area contributed by atoms with Gasteiger partial charge >= 0.3 is 0 Å². The fourth-order valence-electron chi connectivity index (χ4n) is 2.77. The number of nitrogens with zero attached hydrogens (tertiary/aromatic N) is 1. The van der Waals surface area contributed by atoms with Gasteiger partial charge in [0.1, 0.15) is 0 Å². The molecule has 2 rings (SSSR count). The predicted octanol–water partition coefficient (Wildman–Crippen LogP) is 3.79. The molecular weight excluding hydrogens is 244 g/mol. The lowest BCUT2D eigenvalue weighted by Gasteiger charge is -2.34. The van der Waals surface area contributed by atoms with Gasteiger partial charge in [-0.3, -0.25) is 0 Å². The van der Waals surface area contributed by atoms with Crippen LogP contribution in [0.5, 0.6) is 0 Å². The van der Waals surface area contributed by atoms with Gasteiger partial charge in [-0.2, -0.15) is 0 Å². The summed E-state index contributed by atoms with van der Waals surface area (Å²) in [6.07, 6.45) is 2.64. The van der Waals surface area contributed by atoms with Gasteiger partial charge < -0.3 is 10.2 Å². The summed E-state index contributed by atoms with van der Waals surface area (Å²) in [6.45, 7) is 6.83. The highest BCUT2D eigenvalue weighted by atomic mass is 35.5. The molecule has 2 nitrogen and oxygen atoms in total. The third-order valence-corrected chi connectivity index (χ3v) is 4.17. The van der Waals surface area contributed by atoms with E-state index in [4.69, 9.17) is 11.6 Å². The molecule has 100 valence electrons. The van der Waals surface area contributed by atoms with Crippen molar-refractivity contribution in [3.05, 3.63) is 28.8 Å². The number of aryl methyl sites for hydroxylation is 1. The molecular formula is C15H23ClN2. The van der Waals surface area contributed by atoms with Crippen LogP contribution in [0.2, 0.25) is 5.02 Å². The highest BCUT2D eigenvalue weighted by Crippen LogP contribution is 2.24. The molecule has 0 aromatic heterocycles. The summed E-state index contributed by atoms with van der Waals surface area (Å²) in [6, 6.07) is 6.56. The molecule has 1 saturated heterocycles. The van der Waals surface area contributed by atoms with E-state index in [0.29, 0.717) is 6.04 Å². The maximum absolute atomic E-state index is 5.99. The first-order chi connectivity index (χ1) is 8.56. The number of rotatable bonds is 3. The lowest BCUT2D eigenvalue weighted by Crippen LogP contribution is -2.39. The number of likely N-dealkylation sites (tertiary alicyclic amines) is 1. The second-order valence-corrected chi connectivity index (χ2v) is 5.99. The summed E-state index contributed by atoms with van der Waals surface area (Å²) in [4.78, 5) is 2.43. The Hall–Kier alpha value is -0.730. The average Bonchev–Trinajstić information content (AvgIpc) is 2.32. The minimum absolute atomic E-state index is 0.507. The van der Waals surface area contributed by atoms with E-state index in [0.717, 1.165) is 10.9 Å². The van der Waals surface area contributed by atoms with Crippen LogP contribution in [0.25, 0.3) is 0 Å². The summed E-state index contributed by atoms with van der Waals surface area (Å²) in [5.74, 6) is 0.735. The number of piperidine rings is 1. The largest absolute Gasteiger partial charge is 0.382 e. The van der Waals surface area contributed by atoms with Gasteiger partial charge in [-0.15, -0.1) is 0 Å². The monoisotopic (exact) mass is 266 g/mol. The van der Waals surface area contributed by atoms with E-state index in [2.05, 4.69) is 37.2 Å². The van der Waals surface area contributed by atoms with E-state index >= 15 is 0 Å². The van der Waals surface area contributed by atoms with Crippen LogP contribution < -0.4 is 5.32 Å². The molecule has 1 fully saturated rings. The quantitative estimate of drug-likeness (QED) is 0.896. The van der Waals surface area contributed by atoms with E-state index in [1.165, 1.54) is 37.2 Å². The lowest BCUT2D eigenvalue weighted by atomic mass is 9.91. The molecule has 1 N–H and O–H groups in total. The van der Waals surface area contributed by atoms with Crippen LogP contribution in [-0.4, -0.2) is 31.1 Å². The zero-order valence-electron chi connectivity index (χ0n) is 11.5. The van der Waals surface area contributed by atoms with E-state index in [9.17, 15) is 0 Å². The number of hydrogen-bond acceptors (Lipinski definition) is 2. The smallest absolute Gasteiger partial charge is 0.0410 e. The Bertz CT molecular complexity index is 405. The van der Waals surface area contributed by atoms with Crippen LogP contribution >= 0.6 is 11.6 Å². The number of nitrogens with one attached hydrogen (secondary N) is 1. The molecule has 0 bridgehead atoms. The molecule has 1 aliphatic heterocycles. The lowest BCUT2D eigenvalue weighted by molar-refractivity contribution is 0.197. The molecule has 1 aromatic carbocycles. The fourth-order valence-corrected chi connectivity index (χ4v) is 2.99. The van der Waals surface area contributed by atoms with Gasteiger partial charge in [-0.1, -0.05) is 11.6 Å². The van der Waals surface area contributed by atoms with Crippen molar-refractivity contribution >= 4 is 17.3 Å². The topological polar surface area (TPSA) is 15.3 Å². The molecule has 0 spiro atoms. The third kappa shape index (κ3) is 3.39. The van der Waals surface area contributed by atoms with Gasteiger partial charge in [0.2, 0.25) is 0 Å². The Labute approximate surface area is 115 Å². The first kappa shape index (κ1) is 13.7. The maximum Gasteiger partial charge on any atom is 0.0410 e. The van der Waals surface area contributed by atoms with Gasteiger partial charge in [0.25, 0.3) is 0 Å². The average molecular weight is 267 g/mol. The highest BCUT2D eigenvalue weighted by molar-refractivity contribution is 6.30. The Morgan fingerprint density at radius 3 is 2.89 bits per heavy atom. The normalized spacial score (nSPS) is 22.8. The molecule has 3 heteroatoms. The highest BCUT2D eigenvalue weighted by Gasteiger charge is 2.22. The molecule has 2 unspecified atom stereocenters. The van der Waals surface area contributed by atoms with Crippen LogP contribution in [0.1, 0.15) is 25.3 Å². The maximum atomic E-state index is 5.99. The van der Waals surface area contributed by atoms with Gasteiger partial charge in [0.15, 0.2) is 0 Å². The standard InChI is InChI=1S/C15H23ClN2/c1-11-9-14(16)6-7-15(11)17-12(2)13-5-4-8-18(3)10-13/h6-7,9,12-13,17H,4-5,8,10H2,1-3H3. The number of hydrogen-bond donors (Lipinski definition) is 1. The first-order valence-electron chi connectivity index (χ1n) is 6.77. The van der Waals surface area contributed by atoms with Crippen LogP contribution in [0, 0.1) is 12.8 Å². The number of benzene rings is 1. The Kier molecular flexibility index (Phi) is 4.52. The molecule has 0 saturated carbocycles. The van der Waals surface area contributed by atoms with Gasteiger partial charge in [-0.05, 0) is 70.0 Å². The van der Waals surface area contributed by atoms with Crippen molar-refractivity contribution in [2.24, 2.45) is 5.92 Å². The molecule has 0 amide bonds. The van der Waals surface area contributed by atoms with Crippen LogP contribution in [0.15, 0.2) is 18.2 Å². The van der Waals surface area contributed by atoms with Crippen molar-refractivity contribution in [3.8, 4) is 0 Å². The van der Waals surface area contributed by atoms with Crippen molar-refractivity contribution < 1.29 is 0 Å². The van der Waals surface area contributed by atoms with Crippen LogP contribution in [0.3, 0.4) is 0 Å². The van der Waals surface area contributed by atoms with Gasteiger partial charge in [-0.25, -0.2) is 0 Å². The summed E-state index contributed by atoms with van der Waals surface area (Å²) in [5, 5.41) is 4.45. The SMILES string of the molecule is Cc1cc(Cl)ccc1NC(C)C1CCCN(C)C1. The summed E-state index contributed by atoms with van der Waals surface area (Å²) in [5.41, 5.74) is 2.43. The number of halogens is 1. The van der Waals surface area contributed by atoms with Crippen molar-refractivity contribution in [1.29, 1.82) is 0 Å². The zero-order chi connectivity index (χ0) is 13.1. The Morgan fingerprint density at radius 1 is 1.44 bits per heavy atom. The van der Waals surface area contributed by atoms with Crippen LogP contribution in [0.4, 0.5) is 5.69 Å². The molecule has 0 radical (unpaired) electrons. The molecule has 2 atom stereocenters. The van der Waals surface area contributed by atoms with E-state index in [-0.39, 0.29) is 0 Å². The van der Waals surface area contributed by atoms with Crippen LogP contribution in [-0.2, 0) is 0 Å². The van der Waals surface area contributed by atoms with Crippen molar-refractivity contribution in [2.75, 3.05) is 25.5 Å². The zero-order valence-corrected chi connectivity index (χ0v) is 12.3. The minimum Gasteiger partial charge on any atom is -0.382 e. The van der Waals surface area contributed by atoms with E-state index in [1.807, 2.05) is 12.1 Å². The summed E-state index contributed by atoms with van der Waals surface area (Å²) >= 11 is 5.99. The summed E-state index contributed by atoms with van der Waals surface area (Å²) < 4.78 is 0. The summed E-state index contributed by atoms with van der Waals surface area (Å²) in [7, 11) is 2.21. The van der Waals surface area contributed by atoms with E-state index < -0.39 is 0 Å². The molecule has 1 aromatic rings. The Morgan fingerprint density at radius 2 is 2.22 bits per heavy atom. The first-order valence-corrected chi connectivity index (χ1v) is 7.15. The second-order valence-electron chi connectivity index (χ2n) is 5.56. The fraction of sp³-hybridized carbons (Fsp3) is 0.600. The molecule has 1 heterocycles. The van der Waals surface area contributed by atoms with Crippen molar-refractivity contribution in [2.45, 2.75) is 32.7 Å². The van der Waals surface area contributed by atoms with Crippen molar-refractivity contribution in [1.82, 2.24) is 4.90 Å². The molecule has 18 heavy (non-hydrogen) atoms. The van der Waals surface area contributed by atoms with Crippen molar-refractivity contribution in [3.63, 3.8) is 0 Å². The third-order valence-electron chi connectivity index (χ3n) is 3.94.